The minimum absolute atomic E-state index is 0.0356. The zero-order chi connectivity index (χ0) is 16.9. The van der Waals surface area contributed by atoms with E-state index in [0.29, 0.717) is 5.02 Å². The van der Waals surface area contributed by atoms with Gasteiger partial charge >= 0.3 is 0 Å². The summed E-state index contributed by atoms with van der Waals surface area (Å²) in [6.45, 7) is 2.12. The SMILES string of the molecule is CC1=CC[C@H](C(=O)N/N=C\c2cccs2)[C@H](c2ccc(Cl)cc2)C1. The Kier molecular flexibility index (Phi) is 5.48. The van der Waals surface area contributed by atoms with Crippen molar-refractivity contribution < 1.29 is 4.79 Å². The van der Waals surface area contributed by atoms with Crippen molar-refractivity contribution in [3.63, 3.8) is 0 Å². The van der Waals surface area contributed by atoms with Gasteiger partial charge in [-0.1, -0.05) is 41.4 Å². The molecule has 0 fully saturated rings. The molecule has 0 saturated heterocycles. The number of carbonyl (C=O) groups excluding carboxylic acids is 1. The molecule has 3 nitrogen and oxygen atoms in total. The maximum Gasteiger partial charge on any atom is 0.244 e. The summed E-state index contributed by atoms with van der Waals surface area (Å²) in [5, 5.41) is 6.79. The Morgan fingerprint density at radius 3 is 2.83 bits per heavy atom. The fraction of sp³-hybridized carbons (Fsp3) is 0.263. The summed E-state index contributed by atoms with van der Waals surface area (Å²) in [6, 6.07) is 11.7. The van der Waals surface area contributed by atoms with Gasteiger partial charge in [0.2, 0.25) is 5.91 Å². The molecule has 1 amide bonds. The third kappa shape index (κ3) is 4.13. The molecule has 24 heavy (non-hydrogen) atoms. The summed E-state index contributed by atoms with van der Waals surface area (Å²) < 4.78 is 0. The predicted molar refractivity (Wildman–Crippen MR) is 101 cm³/mol. The van der Waals surface area contributed by atoms with Crippen LogP contribution in [-0.4, -0.2) is 12.1 Å². The first-order valence-corrected chi connectivity index (χ1v) is 9.17. The molecule has 2 aromatic rings. The zero-order valence-electron chi connectivity index (χ0n) is 13.4. The number of carbonyl (C=O) groups is 1. The molecular weight excluding hydrogens is 340 g/mol. The minimum atomic E-state index is -0.115. The van der Waals surface area contributed by atoms with E-state index < -0.39 is 0 Å². The molecule has 2 atom stereocenters. The van der Waals surface area contributed by atoms with Crippen LogP contribution in [0.4, 0.5) is 0 Å². The molecule has 1 aliphatic carbocycles. The van der Waals surface area contributed by atoms with Gasteiger partial charge in [0.05, 0.1) is 12.1 Å². The normalized spacial score (nSPS) is 20.8. The molecule has 0 spiro atoms. The standard InChI is InChI=1S/C19H19ClN2OS/c1-13-4-9-17(18(11-13)14-5-7-15(20)8-6-14)19(23)22-21-12-16-3-2-10-24-16/h2-8,10,12,17-18H,9,11H2,1H3,(H,22,23)/b21-12-/t17-,18-/m0/s1. The van der Waals surface area contributed by atoms with E-state index in [9.17, 15) is 4.79 Å². The fourth-order valence-corrected chi connectivity index (χ4v) is 3.73. The van der Waals surface area contributed by atoms with Crippen molar-refractivity contribution in [2.75, 3.05) is 0 Å². The minimum Gasteiger partial charge on any atom is -0.273 e. The Morgan fingerprint density at radius 1 is 1.33 bits per heavy atom. The number of allylic oxidation sites excluding steroid dienone is 2. The van der Waals surface area contributed by atoms with Gasteiger partial charge in [0, 0.05) is 9.90 Å². The van der Waals surface area contributed by atoms with Crippen molar-refractivity contribution >= 4 is 35.1 Å². The summed E-state index contributed by atoms with van der Waals surface area (Å²) in [6.07, 6.45) is 5.46. The van der Waals surface area contributed by atoms with Crippen molar-refractivity contribution in [1.82, 2.24) is 5.43 Å². The highest BCUT2D eigenvalue weighted by Gasteiger charge is 2.31. The highest BCUT2D eigenvalue weighted by atomic mass is 35.5. The van der Waals surface area contributed by atoms with Crippen LogP contribution < -0.4 is 5.43 Å². The van der Waals surface area contributed by atoms with Crippen LogP contribution in [0.1, 0.15) is 36.1 Å². The lowest BCUT2D eigenvalue weighted by Gasteiger charge is -2.29. The third-order valence-electron chi connectivity index (χ3n) is 4.29. The van der Waals surface area contributed by atoms with E-state index in [-0.39, 0.29) is 17.7 Å². The zero-order valence-corrected chi connectivity index (χ0v) is 15.0. The molecule has 1 aromatic carbocycles. The number of amides is 1. The van der Waals surface area contributed by atoms with Crippen LogP contribution >= 0.6 is 22.9 Å². The van der Waals surface area contributed by atoms with Crippen molar-refractivity contribution in [3.05, 3.63) is 68.9 Å². The average Bonchev–Trinajstić information content (AvgIpc) is 3.09. The Bertz CT molecular complexity index is 750. The number of hydrazone groups is 1. The van der Waals surface area contributed by atoms with Crippen molar-refractivity contribution in [2.24, 2.45) is 11.0 Å². The van der Waals surface area contributed by atoms with Gasteiger partial charge in [-0.2, -0.15) is 5.10 Å². The van der Waals surface area contributed by atoms with Crippen molar-refractivity contribution in [2.45, 2.75) is 25.7 Å². The van der Waals surface area contributed by atoms with Gasteiger partial charge in [-0.05, 0) is 54.8 Å². The summed E-state index contributed by atoms with van der Waals surface area (Å²) >= 11 is 7.57. The van der Waals surface area contributed by atoms with Crippen LogP contribution in [0, 0.1) is 5.92 Å². The number of hydrogen-bond donors (Lipinski definition) is 1. The molecule has 1 heterocycles. The molecule has 124 valence electrons. The second-order valence-corrected chi connectivity index (χ2v) is 7.42. The number of thiophene rings is 1. The van der Waals surface area contributed by atoms with Crippen LogP contribution in [0.25, 0.3) is 0 Å². The summed E-state index contributed by atoms with van der Waals surface area (Å²) in [5.74, 6) is 0.00562. The Hall–Kier alpha value is -1.91. The first-order chi connectivity index (χ1) is 11.6. The van der Waals surface area contributed by atoms with Crippen LogP contribution in [0.5, 0.6) is 0 Å². The van der Waals surface area contributed by atoms with Crippen LogP contribution in [0.2, 0.25) is 5.02 Å². The largest absolute Gasteiger partial charge is 0.273 e. The van der Waals surface area contributed by atoms with Gasteiger partial charge in [0.25, 0.3) is 0 Å². The smallest absolute Gasteiger partial charge is 0.244 e. The van der Waals surface area contributed by atoms with Gasteiger partial charge in [-0.25, -0.2) is 5.43 Å². The van der Waals surface area contributed by atoms with E-state index in [1.165, 1.54) is 5.57 Å². The highest BCUT2D eigenvalue weighted by Crippen LogP contribution is 2.38. The van der Waals surface area contributed by atoms with E-state index >= 15 is 0 Å². The molecule has 0 radical (unpaired) electrons. The number of hydrogen-bond acceptors (Lipinski definition) is 3. The van der Waals surface area contributed by atoms with E-state index in [0.717, 1.165) is 23.3 Å². The summed E-state index contributed by atoms with van der Waals surface area (Å²) in [7, 11) is 0. The molecule has 0 bridgehead atoms. The predicted octanol–water partition coefficient (Wildman–Crippen LogP) is 4.99. The molecule has 3 rings (SSSR count). The van der Waals surface area contributed by atoms with E-state index in [2.05, 4.69) is 23.5 Å². The van der Waals surface area contributed by atoms with Gasteiger partial charge < -0.3 is 0 Å². The molecule has 1 aliphatic rings. The van der Waals surface area contributed by atoms with Crippen molar-refractivity contribution in [3.8, 4) is 0 Å². The van der Waals surface area contributed by atoms with E-state index in [4.69, 9.17) is 11.6 Å². The van der Waals surface area contributed by atoms with Crippen LogP contribution in [0.15, 0.2) is 58.5 Å². The first-order valence-electron chi connectivity index (χ1n) is 7.91. The van der Waals surface area contributed by atoms with Gasteiger partial charge in [-0.3, -0.25) is 4.79 Å². The molecule has 1 N–H and O–H groups in total. The Morgan fingerprint density at radius 2 is 2.12 bits per heavy atom. The third-order valence-corrected chi connectivity index (χ3v) is 5.35. The molecule has 5 heteroatoms. The number of benzene rings is 1. The average molecular weight is 359 g/mol. The second-order valence-electron chi connectivity index (χ2n) is 6.00. The van der Waals surface area contributed by atoms with Crippen LogP contribution in [-0.2, 0) is 4.79 Å². The van der Waals surface area contributed by atoms with E-state index in [1.807, 2.05) is 41.8 Å². The van der Waals surface area contributed by atoms with Gasteiger partial charge in [-0.15, -0.1) is 11.3 Å². The van der Waals surface area contributed by atoms with Crippen molar-refractivity contribution in [1.29, 1.82) is 0 Å². The Labute approximate surface area is 151 Å². The Balaban J connectivity index is 1.73. The number of nitrogens with one attached hydrogen (secondary N) is 1. The maximum absolute atomic E-state index is 12.6. The molecule has 1 aromatic heterocycles. The monoisotopic (exact) mass is 358 g/mol. The highest BCUT2D eigenvalue weighted by molar-refractivity contribution is 7.11. The lowest BCUT2D eigenvalue weighted by Crippen LogP contribution is -2.32. The number of nitrogens with zero attached hydrogens (tertiary/aromatic N) is 1. The second kappa shape index (κ2) is 7.77. The quantitative estimate of drug-likeness (QED) is 0.467. The van der Waals surface area contributed by atoms with Crippen LogP contribution in [0.3, 0.4) is 0 Å². The van der Waals surface area contributed by atoms with E-state index in [1.54, 1.807) is 17.6 Å². The number of halogens is 1. The fourth-order valence-electron chi connectivity index (χ4n) is 3.02. The summed E-state index contributed by atoms with van der Waals surface area (Å²) in [4.78, 5) is 13.6. The molecule has 0 aliphatic heterocycles. The van der Waals surface area contributed by atoms with Gasteiger partial charge in [0.15, 0.2) is 0 Å². The molecular formula is C19H19ClN2OS. The lowest BCUT2D eigenvalue weighted by molar-refractivity contribution is -0.125. The molecule has 0 unspecified atom stereocenters. The topological polar surface area (TPSA) is 41.5 Å². The number of rotatable bonds is 4. The summed E-state index contributed by atoms with van der Waals surface area (Å²) in [5.41, 5.74) is 5.17. The van der Waals surface area contributed by atoms with Gasteiger partial charge in [0.1, 0.15) is 0 Å². The lowest BCUT2D eigenvalue weighted by atomic mass is 9.75. The molecule has 0 saturated carbocycles. The maximum atomic E-state index is 12.6. The first kappa shape index (κ1) is 16.9.